The molecule has 0 aromatic heterocycles. The highest BCUT2D eigenvalue weighted by molar-refractivity contribution is 5.33. The van der Waals surface area contributed by atoms with Crippen molar-refractivity contribution in [2.45, 2.75) is 40.3 Å². The second kappa shape index (κ2) is 7.65. The summed E-state index contributed by atoms with van der Waals surface area (Å²) in [5, 5.41) is 3.53. The summed E-state index contributed by atoms with van der Waals surface area (Å²) in [6, 6.07) is 8.77. The monoisotopic (exact) mass is 278 g/mol. The fourth-order valence-corrected chi connectivity index (χ4v) is 2.45. The number of nitrogens with zero attached hydrogens (tertiary/aromatic N) is 1. The molecule has 0 aliphatic heterocycles. The molecule has 0 saturated carbocycles. The smallest absolute Gasteiger partial charge is 0.123 e. The van der Waals surface area contributed by atoms with Gasteiger partial charge in [0.2, 0.25) is 0 Å². The molecule has 0 unspecified atom stereocenters. The van der Waals surface area contributed by atoms with Gasteiger partial charge in [-0.1, -0.05) is 45.9 Å². The largest absolute Gasteiger partial charge is 0.496 e. The van der Waals surface area contributed by atoms with Gasteiger partial charge >= 0.3 is 0 Å². The number of nitrogens with one attached hydrogen (secondary N) is 1. The Morgan fingerprint density at radius 3 is 2.50 bits per heavy atom. The van der Waals surface area contributed by atoms with E-state index >= 15 is 0 Å². The molecular formula is C17H30N2O. The summed E-state index contributed by atoms with van der Waals surface area (Å²) in [6.07, 6.45) is 0. The third-order valence-corrected chi connectivity index (χ3v) is 3.32. The molecule has 3 nitrogen and oxygen atoms in total. The van der Waals surface area contributed by atoms with Gasteiger partial charge in [-0.25, -0.2) is 0 Å². The Kier molecular flexibility index (Phi) is 6.50. The van der Waals surface area contributed by atoms with Gasteiger partial charge in [-0.05, 0) is 18.5 Å². The Morgan fingerprint density at radius 2 is 1.90 bits per heavy atom. The standard InChI is InChI=1S/C17H30N2O/c1-14(2)18-12-17(3,4)13-19(5)11-15-9-7-8-10-16(15)20-6/h7-10,14,18H,11-13H2,1-6H3. The number of ether oxygens (including phenoxy) is 1. The van der Waals surface area contributed by atoms with Gasteiger partial charge in [-0.2, -0.15) is 0 Å². The zero-order valence-corrected chi connectivity index (χ0v) is 13.9. The van der Waals surface area contributed by atoms with Crippen LogP contribution < -0.4 is 10.1 Å². The molecule has 0 fully saturated rings. The van der Waals surface area contributed by atoms with Crippen molar-refractivity contribution in [2.75, 3.05) is 27.2 Å². The van der Waals surface area contributed by atoms with Crippen molar-refractivity contribution in [3.8, 4) is 5.75 Å². The van der Waals surface area contributed by atoms with Gasteiger partial charge in [0.15, 0.2) is 0 Å². The minimum atomic E-state index is 0.251. The molecule has 0 aliphatic rings. The first-order valence-corrected chi connectivity index (χ1v) is 7.38. The maximum Gasteiger partial charge on any atom is 0.123 e. The lowest BCUT2D eigenvalue weighted by Gasteiger charge is -2.31. The van der Waals surface area contributed by atoms with Crippen LogP contribution >= 0.6 is 0 Å². The van der Waals surface area contributed by atoms with Crippen LogP contribution in [-0.4, -0.2) is 38.2 Å². The fourth-order valence-electron chi connectivity index (χ4n) is 2.45. The summed E-state index contributed by atoms with van der Waals surface area (Å²) in [7, 11) is 3.90. The van der Waals surface area contributed by atoms with Crippen LogP contribution in [0, 0.1) is 5.41 Å². The molecule has 0 amide bonds. The molecule has 0 heterocycles. The molecule has 20 heavy (non-hydrogen) atoms. The fraction of sp³-hybridized carbons (Fsp3) is 0.647. The van der Waals surface area contributed by atoms with Crippen LogP contribution in [0.5, 0.6) is 5.75 Å². The molecule has 0 saturated heterocycles. The Bertz CT molecular complexity index is 402. The Balaban J connectivity index is 2.56. The zero-order valence-electron chi connectivity index (χ0n) is 13.9. The molecule has 3 heteroatoms. The molecule has 1 rings (SSSR count). The van der Waals surface area contributed by atoms with Crippen molar-refractivity contribution in [1.29, 1.82) is 0 Å². The molecule has 0 bridgehead atoms. The first kappa shape index (κ1) is 17.0. The van der Waals surface area contributed by atoms with Gasteiger partial charge in [-0.15, -0.1) is 0 Å². The number of rotatable bonds is 8. The van der Waals surface area contributed by atoms with E-state index in [2.05, 4.69) is 57.1 Å². The lowest BCUT2D eigenvalue weighted by Crippen LogP contribution is -2.40. The van der Waals surface area contributed by atoms with Crippen molar-refractivity contribution in [2.24, 2.45) is 5.41 Å². The Morgan fingerprint density at radius 1 is 1.25 bits per heavy atom. The van der Waals surface area contributed by atoms with Crippen LogP contribution in [0.3, 0.4) is 0 Å². The summed E-state index contributed by atoms with van der Waals surface area (Å²) in [5.41, 5.74) is 1.49. The second-order valence-corrected chi connectivity index (χ2v) is 6.68. The van der Waals surface area contributed by atoms with E-state index in [0.717, 1.165) is 25.4 Å². The van der Waals surface area contributed by atoms with Crippen LogP contribution in [-0.2, 0) is 6.54 Å². The van der Waals surface area contributed by atoms with E-state index in [1.807, 2.05) is 12.1 Å². The highest BCUT2D eigenvalue weighted by atomic mass is 16.5. The predicted octanol–water partition coefficient (Wildman–Crippen LogP) is 3.15. The Hall–Kier alpha value is -1.06. The van der Waals surface area contributed by atoms with E-state index in [4.69, 9.17) is 4.74 Å². The van der Waals surface area contributed by atoms with E-state index < -0.39 is 0 Å². The SMILES string of the molecule is COc1ccccc1CN(C)CC(C)(C)CNC(C)C. The summed E-state index contributed by atoms with van der Waals surface area (Å²) >= 11 is 0. The third-order valence-electron chi connectivity index (χ3n) is 3.32. The van der Waals surface area contributed by atoms with Crippen LogP contribution in [0.25, 0.3) is 0 Å². The molecule has 0 spiro atoms. The van der Waals surface area contributed by atoms with Gasteiger partial charge in [0.05, 0.1) is 7.11 Å². The number of hydrogen-bond acceptors (Lipinski definition) is 3. The minimum absolute atomic E-state index is 0.251. The van der Waals surface area contributed by atoms with Crippen molar-refractivity contribution in [3.05, 3.63) is 29.8 Å². The molecule has 0 aliphatic carbocycles. The normalized spacial score (nSPS) is 12.2. The first-order chi connectivity index (χ1) is 9.34. The van der Waals surface area contributed by atoms with Gasteiger partial charge in [0.1, 0.15) is 5.75 Å². The van der Waals surface area contributed by atoms with Gasteiger partial charge in [-0.3, -0.25) is 0 Å². The van der Waals surface area contributed by atoms with Crippen molar-refractivity contribution < 1.29 is 4.74 Å². The highest BCUT2D eigenvalue weighted by Gasteiger charge is 2.20. The topological polar surface area (TPSA) is 24.5 Å². The third kappa shape index (κ3) is 5.93. The number of hydrogen-bond donors (Lipinski definition) is 1. The van der Waals surface area contributed by atoms with Crippen LogP contribution in [0.2, 0.25) is 0 Å². The molecule has 114 valence electrons. The quantitative estimate of drug-likeness (QED) is 0.790. The average molecular weight is 278 g/mol. The summed E-state index contributed by atoms with van der Waals surface area (Å²) < 4.78 is 5.42. The summed E-state index contributed by atoms with van der Waals surface area (Å²) in [4.78, 5) is 2.36. The lowest BCUT2D eigenvalue weighted by atomic mass is 9.92. The molecule has 0 radical (unpaired) electrons. The van der Waals surface area contributed by atoms with Gasteiger partial charge in [0.25, 0.3) is 0 Å². The molecule has 0 atom stereocenters. The average Bonchev–Trinajstić information content (AvgIpc) is 2.36. The van der Waals surface area contributed by atoms with E-state index in [-0.39, 0.29) is 5.41 Å². The van der Waals surface area contributed by atoms with Crippen molar-refractivity contribution in [1.82, 2.24) is 10.2 Å². The molecular weight excluding hydrogens is 248 g/mol. The van der Waals surface area contributed by atoms with E-state index in [9.17, 15) is 0 Å². The summed E-state index contributed by atoms with van der Waals surface area (Å²) in [5.74, 6) is 0.970. The van der Waals surface area contributed by atoms with Crippen LogP contribution in [0.1, 0.15) is 33.3 Å². The second-order valence-electron chi connectivity index (χ2n) is 6.68. The zero-order chi connectivity index (χ0) is 15.2. The maximum atomic E-state index is 5.42. The van der Waals surface area contributed by atoms with Crippen molar-refractivity contribution in [3.63, 3.8) is 0 Å². The molecule has 1 aromatic carbocycles. The van der Waals surface area contributed by atoms with E-state index in [0.29, 0.717) is 6.04 Å². The maximum absolute atomic E-state index is 5.42. The van der Waals surface area contributed by atoms with E-state index in [1.165, 1.54) is 5.56 Å². The van der Waals surface area contributed by atoms with Crippen LogP contribution in [0.15, 0.2) is 24.3 Å². The number of methoxy groups -OCH3 is 1. The number of benzene rings is 1. The van der Waals surface area contributed by atoms with Crippen molar-refractivity contribution >= 4 is 0 Å². The van der Waals surface area contributed by atoms with Gasteiger partial charge < -0.3 is 15.0 Å². The molecule has 1 aromatic rings. The van der Waals surface area contributed by atoms with Gasteiger partial charge in [0, 0.05) is 31.2 Å². The Labute approximate surface area is 124 Å². The molecule has 1 N–H and O–H groups in total. The van der Waals surface area contributed by atoms with E-state index in [1.54, 1.807) is 7.11 Å². The highest BCUT2D eigenvalue weighted by Crippen LogP contribution is 2.21. The first-order valence-electron chi connectivity index (χ1n) is 7.38. The number of para-hydroxylation sites is 1. The summed E-state index contributed by atoms with van der Waals surface area (Å²) in [6.45, 7) is 12.0. The lowest BCUT2D eigenvalue weighted by molar-refractivity contribution is 0.194. The predicted molar refractivity (Wildman–Crippen MR) is 86.2 cm³/mol. The van der Waals surface area contributed by atoms with Crippen LogP contribution in [0.4, 0.5) is 0 Å². The minimum Gasteiger partial charge on any atom is -0.496 e.